The standard InChI is InChI=1S/C21H19N5O4/c1-23-18-17(19(27)24(2)21(23)28)26-12-16(13-6-8-14(29-3)9-7-13)25(20(26)22-18)11-15-5-4-10-30-15/h4-10,12H,11H2,1-3H3. The maximum Gasteiger partial charge on any atom is 0.332 e. The van der Waals surface area contributed by atoms with Crippen LogP contribution in [0.15, 0.2) is 62.9 Å². The Balaban J connectivity index is 1.84. The smallest absolute Gasteiger partial charge is 0.332 e. The molecule has 9 heteroatoms. The predicted molar refractivity (Wildman–Crippen MR) is 111 cm³/mol. The van der Waals surface area contributed by atoms with Crippen molar-refractivity contribution in [1.29, 1.82) is 0 Å². The average molecular weight is 405 g/mol. The predicted octanol–water partition coefficient (Wildman–Crippen LogP) is 2.00. The van der Waals surface area contributed by atoms with E-state index in [4.69, 9.17) is 9.15 Å². The zero-order chi connectivity index (χ0) is 21.0. The molecule has 0 radical (unpaired) electrons. The maximum absolute atomic E-state index is 12.9. The number of imidazole rings is 2. The fraction of sp³-hybridized carbons (Fsp3) is 0.190. The highest BCUT2D eigenvalue weighted by Crippen LogP contribution is 2.28. The summed E-state index contributed by atoms with van der Waals surface area (Å²) in [7, 11) is 4.69. The Kier molecular flexibility index (Phi) is 3.92. The number of furan rings is 1. The summed E-state index contributed by atoms with van der Waals surface area (Å²) in [5.74, 6) is 2.05. The minimum Gasteiger partial charge on any atom is -0.497 e. The van der Waals surface area contributed by atoms with Gasteiger partial charge in [0, 0.05) is 25.9 Å². The number of benzene rings is 1. The molecular weight excluding hydrogens is 386 g/mol. The molecule has 30 heavy (non-hydrogen) atoms. The van der Waals surface area contributed by atoms with Crippen LogP contribution in [0.2, 0.25) is 0 Å². The van der Waals surface area contributed by atoms with Crippen LogP contribution in [0.3, 0.4) is 0 Å². The van der Waals surface area contributed by atoms with E-state index in [0.29, 0.717) is 23.5 Å². The molecule has 0 N–H and O–H groups in total. The Morgan fingerprint density at radius 2 is 1.83 bits per heavy atom. The van der Waals surface area contributed by atoms with Gasteiger partial charge in [0.05, 0.1) is 25.6 Å². The highest BCUT2D eigenvalue weighted by atomic mass is 16.5. The van der Waals surface area contributed by atoms with Gasteiger partial charge in [-0.25, -0.2) is 4.79 Å². The van der Waals surface area contributed by atoms with Crippen LogP contribution >= 0.6 is 0 Å². The minimum atomic E-state index is -0.416. The monoisotopic (exact) mass is 405 g/mol. The van der Waals surface area contributed by atoms with Crippen LogP contribution in [0.1, 0.15) is 5.76 Å². The minimum absolute atomic E-state index is 0.340. The first-order valence-electron chi connectivity index (χ1n) is 9.33. The second-order valence-electron chi connectivity index (χ2n) is 7.07. The summed E-state index contributed by atoms with van der Waals surface area (Å²) in [6.07, 6.45) is 3.48. The van der Waals surface area contributed by atoms with Crippen LogP contribution in [0.5, 0.6) is 5.75 Å². The second-order valence-corrected chi connectivity index (χ2v) is 7.07. The fourth-order valence-electron chi connectivity index (χ4n) is 3.72. The van der Waals surface area contributed by atoms with Crippen molar-refractivity contribution < 1.29 is 9.15 Å². The first-order valence-corrected chi connectivity index (χ1v) is 9.33. The van der Waals surface area contributed by atoms with E-state index >= 15 is 0 Å². The van der Waals surface area contributed by atoms with Gasteiger partial charge in [0.25, 0.3) is 5.56 Å². The van der Waals surface area contributed by atoms with Gasteiger partial charge in [0.15, 0.2) is 11.2 Å². The summed E-state index contributed by atoms with van der Waals surface area (Å²) >= 11 is 0. The van der Waals surface area contributed by atoms with Crippen molar-refractivity contribution in [2.45, 2.75) is 6.54 Å². The summed E-state index contributed by atoms with van der Waals surface area (Å²) in [5, 5.41) is 0. The molecule has 0 aliphatic heterocycles. The number of rotatable bonds is 4. The van der Waals surface area contributed by atoms with Gasteiger partial charge in [-0.3, -0.25) is 18.3 Å². The van der Waals surface area contributed by atoms with Gasteiger partial charge in [-0.15, -0.1) is 0 Å². The van der Waals surface area contributed by atoms with Gasteiger partial charge >= 0.3 is 5.69 Å². The zero-order valence-corrected chi connectivity index (χ0v) is 16.7. The van der Waals surface area contributed by atoms with Crippen molar-refractivity contribution in [2.75, 3.05) is 7.11 Å². The molecule has 1 aromatic carbocycles. The van der Waals surface area contributed by atoms with E-state index < -0.39 is 11.2 Å². The quantitative estimate of drug-likeness (QED) is 0.456. The third kappa shape index (κ3) is 2.52. The zero-order valence-electron chi connectivity index (χ0n) is 16.7. The molecular formula is C21H19N5O4. The largest absolute Gasteiger partial charge is 0.497 e. The summed E-state index contributed by atoms with van der Waals surface area (Å²) in [5.41, 5.74) is 1.67. The number of fused-ring (bicyclic) bond motifs is 3. The van der Waals surface area contributed by atoms with Crippen LogP contribution in [-0.4, -0.2) is 30.2 Å². The number of hydrogen-bond acceptors (Lipinski definition) is 5. The summed E-state index contributed by atoms with van der Waals surface area (Å²) in [6.45, 7) is 0.419. The lowest BCUT2D eigenvalue weighted by molar-refractivity contribution is 0.415. The van der Waals surface area contributed by atoms with Gasteiger partial charge in [-0.1, -0.05) is 0 Å². The van der Waals surface area contributed by atoms with Crippen LogP contribution in [0, 0.1) is 0 Å². The average Bonchev–Trinajstić information content (AvgIpc) is 3.48. The Bertz CT molecular complexity index is 1500. The van der Waals surface area contributed by atoms with Crippen molar-refractivity contribution in [3.05, 3.63) is 75.5 Å². The Labute approximate surface area is 170 Å². The topological polar surface area (TPSA) is 88.6 Å². The molecule has 5 aromatic rings. The summed E-state index contributed by atoms with van der Waals surface area (Å²) < 4.78 is 17.0. The van der Waals surface area contributed by atoms with E-state index in [-0.39, 0.29) is 0 Å². The van der Waals surface area contributed by atoms with E-state index in [1.54, 1.807) is 24.8 Å². The molecule has 0 atom stereocenters. The van der Waals surface area contributed by atoms with Crippen LogP contribution in [0.25, 0.3) is 28.2 Å². The molecule has 5 rings (SSSR count). The van der Waals surface area contributed by atoms with Crippen molar-refractivity contribution in [3.63, 3.8) is 0 Å². The van der Waals surface area contributed by atoms with Gasteiger partial charge < -0.3 is 13.7 Å². The van der Waals surface area contributed by atoms with E-state index in [9.17, 15) is 9.59 Å². The van der Waals surface area contributed by atoms with E-state index in [2.05, 4.69) is 4.98 Å². The number of nitrogens with zero attached hydrogens (tertiary/aromatic N) is 5. The van der Waals surface area contributed by atoms with Crippen molar-refractivity contribution in [2.24, 2.45) is 14.1 Å². The van der Waals surface area contributed by atoms with Gasteiger partial charge in [-0.2, -0.15) is 4.98 Å². The number of ether oxygens (including phenoxy) is 1. The molecule has 0 saturated carbocycles. The molecule has 0 saturated heterocycles. The van der Waals surface area contributed by atoms with E-state index in [1.165, 1.54) is 11.6 Å². The highest BCUT2D eigenvalue weighted by Gasteiger charge is 2.21. The molecule has 152 valence electrons. The number of aromatic nitrogens is 5. The van der Waals surface area contributed by atoms with Crippen LogP contribution in [-0.2, 0) is 20.6 Å². The molecule has 0 aliphatic rings. The molecule has 0 spiro atoms. The number of methoxy groups -OCH3 is 1. The summed E-state index contributed by atoms with van der Waals surface area (Å²) in [6, 6.07) is 11.4. The van der Waals surface area contributed by atoms with Gasteiger partial charge in [-0.05, 0) is 36.4 Å². The maximum atomic E-state index is 12.9. The fourth-order valence-corrected chi connectivity index (χ4v) is 3.72. The normalized spacial score (nSPS) is 11.6. The molecule has 9 nitrogen and oxygen atoms in total. The molecule has 0 amide bonds. The third-order valence-corrected chi connectivity index (χ3v) is 5.34. The van der Waals surface area contributed by atoms with Gasteiger partial charge in [0.2, 0.25) is 5.78 Å². The molecule has 0 unspecified atom stereocenters. The molecule has 4 aromatic heterocycles. The lowest BCUT2D eigenvalue weighted by Gasteiger charge is -2.08. The highest BCUT2D eigenvalue weighted by molar-refractivity contribution is 5.78. The number of aryl methyl sites for hydroxylation is 1. The van der Waals surface area contributed by atoms with Gasteiger partial charge in [0.1, 0.15) is 11.5 Å². The SMILES string of the molecule is COc1ccc(-c2cn3c4c(=O)n(C)c(=O)n(C)c4nc3n2Cc2ccco2)cc1. The molecule has 4 heterocycles. The van der Waals surface area contributed by atoms with Crippen molar-refractivity contribution in [3.8, 4) is 17.0 Å². The lowest BCUT2D eigenvalue weighted by Crippen LogP contribution is -2.37. The Morgan fingerprint density at radius 1 is 1.07 bits per heavy atom. The lowest BCUT2D eigenvalue weighted by atomic mass is 10.1. The van der Waals surface area contributed by atoms with Crippen LogP contribution < -0.4 is 16.0 Å². The summed E-state index contributed by atoms with van der Waals surface area (Å²) in [4.78, 5) is 29.9. The Hall–Kier alpha value is -4.01. The third-order valence-electron chi connectivity index (χ3n) is 5.34. The van der Waals surface area contributed by atoms with Crippen molar-refractivity contribution in [1.82, 2.24) is 23.1 Å². The van der Waals surface area contributed by atoms with Crippen molar-refractivity contribution >= 4 is 16.9 Å². The number of hydrogen-bond donors (Lipinski definition) is 0. The molecule has 0 aliphatic carbocycles. The first-order chi connectivity index (χ1) is 14.5. The molecule has 0 fully saturated rings. The first kappa shape index (κ1) is 18.0. The van der Waals surface area contributed by atoms with E-state index in [0.717, 1.165) is 27.3 Å². The Morgan fingerprint density at radius 3 is 2.50 bits per heavy atom. The van der Waals surface area contributed by atoms with E-state index in [1.807, 2.05) is 47.2 Å². The molecule has 0 bridgehead atoms. The van der Waals surface area contributed by atoms with Crippen LogP contribution in [0.4, 0.5) is 0 Å². The second kappa shape index (κ2) is 6.51.